The molecule has 5 nitrogen and oxygen atoms in total. The number of hydrogen-bond donors (Lipinski definition) is 1. The molecule has 0 saturated carbocycles. The quantitative estimate of drug-likeness (QED) is 0.886. The summed E-state index contributed by atoms with van der Waals surface area (Å²) in [7, 11) is 1.54. The zero-order valence-corrected chi connectivity index (χ0v) is 10.8. The number of hydrogen-bond acceptors (Lipinski definition) is 4. The van der Waals surface area contributed by atoms with Crippen molar-refractivity contribution in [1.29, 1.82) is 0 Å². The Morgan fingerprint density at radius 3 is 2.72 bits per heavy atom. The number of carbonyl (C=O) groups excluding carboxylic acids is 1. The maximum absolute atomic E-state index is 11.9. The monoisotopic (exact) mass is 251 g/mol. The minimum Gasteiger partial charge on any atom is -0.493 e. The van der Waals surface area contributed by atoms with E-state index in [2.05, 4.69) is 5.32 Å². The summed E-state index contributed by atoms with van der Waals surface area (Å²) < 4.78 is 16.2. The second kappa shape index (κ2) is 5.16. The average molecular weight is 251 g/mol. The van der Waals surface area contributed by atoms with Crippen LogP contribution < -0.4 is 19.5 Å². The van der Waals surface area contributed by atoms with E-state index < -0.39 is 0 Å². The molecule has 98 valence electrons. The lowest BCUT2D eigenvalue weighted by atomic mass is 10.1. The second-order valence-electron chi connectivity index (χ2n) is 4.33. The molecule has 0 bridgehead atoms. The number of amides is 1. The molecule has 1 aromatic rings. The van der Waals surface area contributed by atoms with Gasteiger partial charge in [0.1, 0.15) is 13.2 Å². The standard InChI is InChI=1S/C13H17NO4/c1-8(2)14-13(15)9-6-10(16-3)12-11(7-9)17-4-5-18-12/h6-8H,4-5H2,1-3H3,(H,14,15). The van der Waals surface area contributed by atoms with Gasteiger partial charge in [-0.15, -0.1) is 0 Å². The molecule has 2 rings (SSSR count). The predicted molar refractivity (Wildman–Crippen MR) is 66.6 cm³/mol. The summed E-state index contributed by atoms with van der Waals surface area (Å²) in [6.07, 6.45) is 0. The number of carbonyl (C=O) groups is 1. The molecule has 0 atom stereocenters. The first-order valence-electron chi connectivity index (χ1n) is 5.90. The van der Waals surface area contributed by atoms with Gasteiger partial charge in [-0.3, -0.25) is 4.79 Å². The Labute approximate surface area is 106 Å². The van der Waals surface area contributed by atoms with Crippen molar-refractivity contribution in [1.82, 2.24) is 5.32 Å². The number of fused-ring (bicyclic) bond motifs is 1. The highest BCUT2D eigenvalue weighted by Crippen LogP contribution is 2.40. The number of nitrogens with one attached hydrogen (secondary N) is 1. The Morgan fingerprint density at radius 2 is 2.06 bits per heavy atom. The molecular weight excluding hydrogens is 234 g/mol. The van der Waals surface area contributed by atoms with Crippen LogP contribution in [0.4, 0.5) is 0 Å². The Kier molecular flexibility index (Phi) is 3.60. The highest BCUT2D eigenvalue weighted by Gasteiger charge is 2.20. The van der Waals surface area contributed by atoms with Gasteiger partial charge in [-0.05, 0) is 26.0 Å². The van der Waals surface area contributed by atoms with E-state index in [1.54, 1.807) is 12.1 Å². The zero-order valence-electron chi connectivity index (χ0n) is 10.8. The largest absolute Gasteiger partial charge is 0.493 e. The molecule has 1 aliphatic heterocycles. The van der Waals surface area contributed by atoms with E-state index in [1.165, 1.54) is 7.11 Å². The Bertz CT molecular complexity index is 439. The molecule has 0 fully saturated rings. The van der Waals surface area contributed by atoms with Crippen LogP contribution in [0.3, 0.4) is 0 Å². The topological polar surface area (TPSA) is 56.8 Å². The van der Waals surface area contributed by atoms with Crippen molar-refractivity contribution in [3.63, 3.8) is 0 Å². The number of methoxy groups -OCH3 is 1. The summed E-state index contributed by atoms with van der Waals surface area (Å²) in [5.74, 6) is 1.47. The van der Waals surface area contributed by atoms with E-state index in [1.807, 2.05) is 13.8 Å². The molecule has 1 heterocycles. The van der Waals surface area contributed by atoms with Crippen LogP contribution in [0.15, 0.2) is 12.1 Å². The third-order valence-electron chi connectivity index (χ3n) is 2.51. The van der Waals surface area contributed by atoms with Crippen LogP contribution in [0.25, 0.3) is 0 Å². The fraction of sp³-hybridized carbons (Fsp3) is 0.462. The number of rotatable bonds is 3. The van der Waals surface area contributed by atoms with Crippen LogP contribution in [-0.2, 0) is 0 Å². The van der Waals surface area contributed by atoms with Gasteiger partial charge >= 0.3 is 0 Å². The van der Waals surface area contributed by atoms with Crippen LogP contribution in [0.2, 0.25) is 0 Å². The molecule has 5 heteroatoms. The van der Waals surface area contributed by atoms with Crippen LogP contribution >= 0.6 is 0 Å². The summed E-state index contributed by atoms with van der Waals surface area (Å²) in [5, 5.41) is 2.83. The molecule has 0 saturated heterocycles. The van der Waals surface area contributed by atoms with Crippen LogP contribution in [0.5, 0.6) is 17.2 Å². The smallest absolute Gasteiger partial charge is 0.251 e. The molecule has 0 unspecified atom stereocenters. The van der Waals surface area contributed by atoms with Crippen molar-refractivity contribution in [2.24, 2.45) is 0 Å². The third kappa shape index (κ3) is 2.50. The maximum Gasteiger partial charge on any atom is 0.251 e. The second-order valence-corrected chi connectivity index (χ2v) is 4.33. The lowest BCUT2D eigenvalue weighted by Gasteiger charge is -2.21. The molecule has 1 N–H and O–H groups in total. The number of benzene rings is 1. The van der Waals surface area contributed by atoms with Gasteiger partial charge < -0.3 is 19.5 Å². The number of ether oxygens (including phenoxy) is 3. The van der Waals surface area contributed by atoms with E-state index in [4.69, 9.17) is 14.2 Å². The van der Waals surface area contributed by atoms with E-state index in [-0.39, 0.29) is 11.9 Å². The van der Waals surface area contributed by atoms with Gasteiger partial charge in [-0.1, -0.05) is 0 Å². The lowest BCUT2D eigenvalue weighted by molar-refractivity contribution is 0.0941. The summed E-state index contributed by atoms with van der Waals surface area (Å²) in [6.45, 7) is 4.78. The summed E-state index contributed by atoms with van der Waals surface area (Å²) in [6, 6.07) is 3.41. The van der Waals surface area contributed by atoms with E-state index in [0.29, 0.717) is 36.0 Å². The molecule has 1 amide bonds. The van der Waals surface area contributed by atoms with Crippen LogP contribution in [-0.4, -0.2) is 32.3 Å². The minimum absolute atomic E-state index is 0.0803. The lowest BCUT2D eigenvalue weighted by Crippen LogP contribution is -2.30. The van der Waals surface area contributed by atoms with Gasteiger partial charge in [0.05, 0.1) is 7.11 Å². The highest BCUT2D eigenvalue weighted by molar-refractivity contribution is 5.95. The molecule has 0 radical (unpaired) electrons. The fourth-order valence-corrected chi connectivity index (χ4v) is 1.75. The first kappa shape index (κ1) is 12.5. The third-order valence-corrected chi connectivity index (χ3v) is 2.51. The highest BCUT2D eigenvalue weighted by atomic mass is 16.6. The van der Waals surface area contributed by atoms with Crippen LogP contribution in [0, 0.1) is 0 Å². The first-order valence-corrected chi connectivity index (χ1v) is 5.90. The van der Waals surface area contributed by atoms with Crippen molar-refractivity contribution in [3.8, 4) is 17.2 Å². The van der Waals surface area contributed by atoms with E-state index >= 15 is 0 Å². The summed E-state index contributed by atoms with van der Waals surface area (Å²) >= 11 is 0. The summed E-state index contributed by atoms with van der Waals surface area (Å²) in [4.78, 5) is 11.9. The molecular formula is C13H17NO4. The van der Waals surface area contributed by atoms with Gasteiger partial charge in [0.2, 0.25) is 5.75 Å². The van der Waals surface area contributed by atoms with Gasteiger partial charge in [0.15, 0.2) is 11.5 Å². The van der Waals surface area contributed by atoms with Crippen molar-refractivity contribution >= 4 is 5.91 Å². The van der Waals surface area contributed by atoms with Crippen molar-refractivity contribution in [2.75, 3.05) is 20.3 Å². The molecule has 0 aromatic heterocycles. The normalized spacial score (nSPS) is 13.3. The van der Waals surface area contributed by atoms with Gasteiger partial charge in [-0.2, -0.15) is 0 Å². The molecule has 1 aromatic carbocycles. The van der Waals surface area contributed by atoms with E-state index in [0.717, 1.165) is 0 Å². The fourth-order valence-electron chi connectivity index (χ4n) is 1.75. The SMILES string of the molecule is COc1cc(C(=O)NC(C)C)cc2c1OCCO2. The Hall–Kier alpha value is -1.91. The van der Waals surface area contributed by atoms with Crippen molar-refractivity contribution in [2.45, 2.75) is 19.9 Å². The molecule has 0 spiro atoms. The van der Waals surface area contributed by atoms with Gasteiger partial charge in [0.25, 0.3) is 5.91 Å². The van der Waals surface area contributed by atoms with Crippen LogP contribution in [0.1, 0.15) is 24.2 Å². The average Bonchev–Trinajstić information content (AvgIpc) is 2.36. The van der Waals surface area contributed by atoms with E-state index in [9.17, 15) is 4.79 Å². The zero-order chi connectivity index (χ0) is 13.1. The molecule has 18 heavy (non-hydrogen) atoms. The predicted octanol–water partition coefficient (Wildman–Crippen LogP) is 1.60. The first-order chi connectivity index (χ1) is 8.61. The molecule has 1 aliphatic rings. The Morgan fingerprint density at radius 1 is 1.33 bits per heavy atom. The van der Waals surface area contributed by atoms with Crippen molar-refractivity contribution in [3.05, 3.63) is 17.7 Å². The van der Waals surface area contributed by atoms with Gasteiger partial charge in [-0.25, -0.2) is 0 Å². The van der Waals surface area contributed by atoms with Gasteiger partial charge in [0, 0.05) is 11.6 Å². The summed E-state index contributed by atoms with van der Waals surface area (Å²) in [5.41, 5.74) is 0.504. The van der Waals surface area contributed by atoms with Crippen molar-refractivity contribution < 1.29 is 19.0 Å². The minimum atomic E-state index is -0.153. The maximum atomic E-state index is 11.9. The molecule has 0 aliphatic carbocycles. The Balaban J connectivity index is 2.35.